The molecule has 1 aromatic rings. The van der Waals surface area contributed by atoms with E-state index in [-0.39, 0.29) is 0 Å². The van der Waals surface area contributed by atoms with E-state index >= 15 is 0 Å². The van der Waals surface area contributed by atoms with Crippen molar-refractivity contribution >= 4 is 8.56 Å². The molecule has 0 saturated heterocycles. The van der Waals surface area contributed by atoms with E-state index in [2.05, 4.69) is 26.0 Å². The van der Waals surface area contributed by atoms with E-state index < -0.39 is 8.56 Å². The number of benzene rings is 1. The average molecular weight is 323 g/mol. The molecule has 0 aromatic heterocycles. The maximum Gasteiger partial charge on any atom is 0.398 e. The Labute approximate surface area is 138 Å². The monoisotopic (exact) mass is 322 g/mol. The fourth-order valence-corrected chi connectivity index (χ4v) is 5.91. The summed E-state index contributed by atoms with van der Waals surface area (Å²) in [7, 11) is -0.254. The lowest BCUT2D eigenvalue weighted by Crippen LogP contribution is -2.44. The van der Waals surface area contributed by atoms with Gasteiger partial charge in [0, 0.05) is 19.2 Å². The van der Waals surface area contributed by atoms with Gasteiger partial charge in [0.15, 0.2) is 0 Å². The fourth-order valence-electron chi connectivity index (χ4n) is 2.82. The summed E-state index contributed by atoms with van der Waals surface area (Å²) in [5.41, 5.74) is 0. The van der Waals surface area contributed by atoms with Crippen LogP contribution in [0.15, 0.2) is 30.3 Å². The predicted molar refractivity (Wildman–Crippen MR) is 97.7 cm³/mol. The molecule has 0 fully saturated rings. The largest absolute Gasteiger partial charge is 0.520 e. The van der Waals surface area contributed by atoms with Crippen molar-refractivity contribution < 1.29 is 8.85 Å². The third-order valence-electron chi connectivity index (χ3n) is 4.24. The van der Waals surface area contributed by atoms with Gasteiger partial charge in [0.1, 0.15) is 5.75 Å². The van der Waals surface area contributed by atoms with E-state index in [0.717, 1.165) is 17.8 Å². The summed E-state index contributed by atoms with van der Waals surface area (Å²) in [5, 5.41) is 0. The molecule has 0 atom stereocenters. The Bertz CT molecular complexity index is 355. The molecular formula is C19H34O2Si. The molecule has 1 aromatic carbocycles. The summed E-state index contributed by atoms with van der Waals surface area (Å²) in [6.07, 6.45) is 10.2. The molecule has 22 heavy (non-hydrogen) atoms. The van der Waals surface area contributed by atoms with Gasteiger partial charge in [-0.15, -0.1) is 0 Å². The smallest absolute Gasteiger partial charge is 0.398 e. The summed E-state index contributed by atoms with van der Waals surface area (Å²) < 4.78 is 12.4. The van der Waals surface area contributed by atoms with Crippen molar-refractivity contribution in [3.63, 3.8) is 0 Å². The first kappa shape index (κ1) is 19.2. The maximum atomic E-state index is 6.43. The van der Waals surface area contributed by atoms with E-state index in [1.807, 2.05) is 25.3 Å². The molecule has 0 saturated carbocycles. The number of unbranched alkanes of at least 4 members (excludes halogenated alkanes) is 6. The van der Waals surface area contributed by atoms with Crippen molar-refractivity contribution in [2.24, 2.45) is 0 Å². The number of para-hydroxylation sites is 1. The number of hydrogen-bond acceptors (Lipinski definition) is 2. The highest BCUT2D eigenvalue weighted by Gasteiger charge is 2.37. The molecule has 2 nitrogen and oxygen atoms in total. The van der Waals surface area contributed by atoms with Crippen LogP contribution in [0, 0.1) is 0 Å². The molecule has 0 aliphatic heterocycles. The van der Waals surface area contributed by atoms with Crippen LogP contribution in [-0.2, 0) is 4.43 Å². The van der Waals surface area contributed by atoms with Crippen LogP contribution >= 0.6 is 0 Å². The minimum absolute atomic E-state index is 0.974. The highest BCUT2D eigenvalue weighted by molar-refractivity contribution is 6.68. The minimum atomic E-state index is -2.11. The third-order valence-corrected chi connectivity index (χ3v) is 7.82. The Morgan fingerprint density at radius 2 is 1.32 bits per heavy atom. The molecule has 126 valence electrons. The highest BCUT2D eigenvalue weighted by Crippen LogP contribution is 2.27. The van der Waals surface area contributed by atoms with Gasteiger partial charge in [0.25, 0.3) is 0 Å². The van der Waals surface area contributed by atoms with Gasteiger partial charge in [-0.1, -0.05) is 83.4 Å². The van der Waals surface area contributed by atoms with Crippen LogP contribution in [0.2, 0.25) is 12.1 Å². The van der Waals surface area contributed by atoms with E-state index in [4.69, 9.17) is 8.85 Å². The molecular weight excluding hydrogens is 288 g/mol. The lowest BCUT2D eigenvalue weighted by atomic mass is 10.2. The Kier molecular flexibility index (Phi) is 10.3. The maximum absolute atomic E-state index is 6.43. The second kappa shape index (κ2) is 11.7. The molecule has 0 radical (unpaired) electrons. The molecule has 0 amide bonds. The summed E-state index contributed by atoms with van der Waals surface area (Å²) in [4.78, 5) is 0. The van der Waals surface area contributed by atoms with Crippen molar-refractivity contribution in [2.45, 2.75) is 77.3 Å². The van der Waals surface area contributed by atoms with E-state index in [1.54, 1.807) is 0 Å². The molecule has 0 unspecified atom stereocenters. The molecule has 0 N–H and O–H groups in total. The van der Waals surface area contributed by atoms with Crippen LogP contribution in [0.1, 0.15) is 65.2 Å². The standard InChI is InChI=1S/C19H34O2Si/c1-4-6-8-13-17-22(20-3,18-14-9-7-5-2)21-19-15-11-10-12-16-19/h10-12,15-16H,4-9,13-14,17-18H2,1-3H3. The van der Waals surface area contributed by atoms with Gasteiger partial charge in [-0.05, 0) is 12.1 Å². The first-order valence-corrected chi connectivity index (χ1v) is 11.3. The molecule has 0 aliphatic rings. The second-order valence-electron chi connectivity index (χ2n) is 6.15. The zero-order valence-corrected chi connectivity index (χ0v) is 15.8. The lowest BCUT2D eigenvalue weighted by Gasteiger charge is -2.30. The van der Waals surface area contributed by atoms with Gasteiger partial charge < -0.3 is 8.85 Å². The molecule has 1 rings (SSSR count). The number of hydrogen-bond donors (Lipinski definition) is 0. The molecule has 0 aliphatic carbocycles. The van der Waals surface area contributed by atoms with Crippen LogP contribution < -0.4 is 4.43 Å². The highest BCUT2D eigenvalue weighted by atomic mass is 28.4. The van der Waals surface area contributed by atoms with E-state index in [0.29, 0.717) is 0 Å². The van der Waals surface area contributed by atoms with Crippen LogP contribution in [0.25, 0.3) is 0 Å². The predicted octanol–water partition coefficient (Wildman–Crippen LogP) is 6.31. The van der Waals surface area contributed by atoms with E-state index in [1.165, 1.54) is 51.4 Å². The topological polar surface area (TPSA) is 18.5 Å². The van der Waals surface area contributed by atoms with E-state index in [9.17, 15) is 0 Å². The summed E-state index contributed by atoms with van der Waals surface area (Å²) in [5.74, 6) is 0.974. The third kappa shape index (κ3) is 7.46. The first-order valence-electron chi connectivity index (χ1n) is 9.05. The Balaban J connectivity index is 2.62. The summed E-state index contributed by atoms with van der Waals surface area (Å²) in [6.45, 7) is 4.51. The normalized spacial score (nSPS) is 11.6. The molecule has 0 heterocycles. The second-order valence-corrected chi connectivity index (χ2v) is 9.58. The summed E-state index contributed by atoms with van der Waals surface area (Å²) >= 11 is 0. The van der Waals surface area contributed by atoms with Crippen molar-refractivity contribution in [3.8, 4) is 5.75 Å². The van der Waals surface area contributed by atoms with Gasteiger partial charge in [0.05, 0.1) is 0 Å². The van der Waals surface area contributed by atoms with Gasteiger partial charge >= 0.3 is 8.56 Å². The van der Waals surface area contributed by atoms with Crippen LogP contribution in [-0.4, -0.2) is 15.7 Å². The van der Waals surface area contributed by atoms with Gasteiger partial charge in [-0.3, -0.25) is 0 Å². The average Bonchev–Trinajstić information content (AvgIpc) is 2.56. The quantitative estimate of drug-likeness (QED) is 0.313. The lowest BCUT2D eigenvalue weighted by molar-refractivity contribution is 0.291. The molecule has 0 spiro atoms. The van der Waals surface area contributed by atoms with Gasteiger partial charge in [-0.25, -0.2) is 0 Å². The summed E-state index contributed by atoms with van der Waals surface area (Å²) in [6, 6.07) is 12.5. The minimum Gasteiger partial charge on any atom is -0.520 e. The molecule has 3 heteroatoms. The fraction of sp³-hybridized carbons (Fsp3) is 0.684. The van der Waals surface area contributed by atoms with Crippen molar-refractivity contribution in [1.29, 1.82) is 0 Å². The zero-order valence-electron chi connectivity index (χ0n) is 14.8. The molecule has 0 bridgehead atoms. The Morgan fingerprint density at radius 1 is 0.773 bits per heavy atom. The first-order chi connectivity index (χ1) is 10.8. The van der Waals surface area contributed by atoms with Crippen molar-refractivity contribution in [1.82, 2.24) is 0 Å². The SMILES string of the molecule is CCCCCC[Si](CCCCCC)(OC)Oc1ccccc1. The van der Waals surface area contributed by atoms with Gasteiger partial charge in [-0.2, -0.15) is 0 Å². The van der Waals surface area contributed by atoms with Crippen LogP contribution in [0.3, 0.4) is 0 Å². The zero-order chi connectivity index (χ0) is 16.1. The van der Waals surface area contributed by atoms with Gasteiger partial charge in [0.2, 0.25) is 0 Å². The van der Waals surface area contributed by atoms with Crippen molar-refractivity contribution in [2.75, 3.05) is 7.11 Å². The Morgan fingerprint density at radius 3 is 1.77 bits per heavy atom. The van der Waals surface area contributed by atoms with Crippen molar-refractivity contribution in [3.05, 3.63) is 30.3 Å². The van der Waals surface area contributed by atoms with Crippen LogP contribution in [0.4, 0.5) is 0 Å². The number of rotatable bonds is 13. The Hall–Kier alpha value is -0.803. The van der Waals surface area contributed by atoms with Crippen LogP contribution in [0.5, 0.6) is 5.75 Å².